The Bertz CT molecular complexity index is 258. The van der Waals surface area contributed by atoms with E-state index in [0.29, 0.717) is 25.5 Å². The van der Waals surface area contributed by atoms with Crippen LogP contribution in [0.15, 0.2) is 0 Å². The summed E-state index contributed by atoms with van der Waals surface area (Å²) in [6.07, 6.45) is 4.17. The maximum Gasteiger partial charge on any atom is 0.168 e. The van der Waals surface area contributed by atoms with Gasteiger partial charge in [0.25, 0.3) is 0 Å². The minimum absolute atomic E-state index is 0.00311. The van der Waals surface area contributed by atoms with E-state index in [9.17, 15) is 0 Å². The van der Waals surface area contributed by atoms with Crippen molar-refractivity contribution in [2.24, 2.45) is 5.41 Å². The van der Waals surface area contributed by atoms with Crippen LogP contribution in [0.25, 0.3) is 0 Å². The van der Waals surface area contributed by atoms with Gasteiger partial charge >= 0.3 is 0 Å². The van der Waals surface area contributed by atoms with E-state index >= 15 is 0 Å². The number of nitrogens with zero attached hydrogens (tertiary/aromatic N) is 1. The van der Waals surface area contributed by atoms with Crippen molar-refractivity contribution >= 4 is 11.6 Å². The average molecular weight is 230 g/mol. The lowest BCUT2D eigenvalue weighted by Gasteiger charge is -2.41. The third-order valence-corrected chi connectivity index (χ3v) is 4.19. The molecule has 0 aromatic carbocycles. The maximum atomic E-state index is 8.80. The summed E-state index contributed by atoms with van der Waals surface area (Å²) in [6.45, 7) is 1.40. The molecule has 2 aliphatic rings. The van der Waals surface area contributed by atoms with Crippen LogP contribution in [-0.2, 0) is 9.47 Å². The number of nitriles is 1. The van der Waals surface area contributed by atoms with Gasteiger partial charge < -0.3 is 9.47 Å². The highest BCUT2D eigenvalue weighted by Gasteiger charge is 2.45. The smallest absolute Gasteiger partial charge is 0.168 e. The van der Waals surface area contributed by atoms with E-state index in [1.807, 2.05) is 0 Å². The van der Waals surface area contributed by atoms with Gasteiger partial charge in [0.05, 0.1) is 19.3 Å². The highest BCUT2D eigenvalue weighted by atomic mass is 35.5. The van der Waals surface area contributed by atoms with Crippen LogP contribution in [0.4, 0.5) is 0 Å². The number of hydrogen-bond donors (Lipinski definition) is 0. The zero-order valence-electron chi connectivity index (χ0n) is 8.80. The topological polar surface area (TPSA) is 42.2 Å². The van der Waals surface area contributed by atoms with Crippen molar-refractivity contribution in [1.29, 1.82) is 5.26 Å². The summed E-state index contributed by atoms with van der Waals surface area (Å²) in [5, 5.41) is 8.80. The highest BCUT2D eigenvalue weighted by molar-refractivity contribution is 6.18. The number of alkyl halides is 1. The first-order valence-corrected chi connectivity index (χ1v) is 5.99. The lowest BCUT2D eigenvalue weighted by molar-refractivity contribution is -0.189. The van der Waals surface area contributed by atoms with Gasteiger partial charge in [-0.15, -0.1) is 11.6 Å². The summed E-state index contributed by atoms with van der Waals surface area (Å²) in [7, 11) is 0. The number of hydrogen-bond acceptors (Lipinski definition) is 3. The summed E-state index contributed by atoms with van der Waals surface area (Å²) in [4.78, 5) is 0. The van der Waals surface area contributed by atoms with Crippen LogP contribution in [0.3, 0.4) is 0 Å². The quantitative estimate of drug-likeness (QED) is 0.683. The molecule has 0 aromatic heterocycles. The van der Waals surface area contributed by atoms with Crippen LogP contribution in [0.2, 0.25) is 0 Å². The van der Waals surface area contributed by atoms with Crippen molar-refractivity contribution in [1.82, 2.24) is 0 Å². The van der Waals surface area contributed by atoms with Crippen LogP contribution in [0, 0.1) is 16.7 Å². The van der Waals surface area contributed by atoms with Gasteiger partial charge in [-0.2, -0.15) is 5.26 Å². The summed E-state index contributed by atoms with van der Waals surface area (Å²) in [6, 6.07) is 2.24. The fraction of sp³-hybridized carbons (Fsp3) is 0.909. The van der Waals surface area contributed by atoms with Crippen LogP contribution >= 0.6 is 11.6 Å². The lowest BCUT2D eigenvalue weighted by Crippen LogP contribution is -2.40. The number of rotatable bonds is 2. The molecule has 2 rings (SSSR count). The third kappa shape index (κ3) is 2.13. The third-order valence-electron chi connectivity index (χ3n) is 3.62. The van der Waals surface area contributed by atoms with E-state index < -0.39 is 0 Å². The van der Waals surface area contributed by atoms with Gasteiger partial charge in [-0.05, 0) is 18.3 Å². The molecule has 0 radical (unpaired) electrons. The second-order valence-corrected chi connectivity index (χ2v) is 4.84. The van der Waals surface area contributed by atoms with E-state index in [1.165, 1.54) is 0 Å². The Morgan fingerprint density at radius 3 is 2.20 bits per heavy atom. The highest BCUT2D eigenvalue weighted by Crippen LogP contribution is 2.46. The molecule has 0 amide bonds. The van der Waals surface area contributed by atoms with E-state index in [0.717, 1.165) is 25.7 Å². The number of ether oxygens (including phenoxy) is 2. The van der Waals surface area contributed by atoms with Crippen molar-refractivity contribution in [2.75, 3.05) is 19.1 Å². The molecule has 1 aliphatic heterocycles. The fourth-order valence-electron chi connectivity index (χ4n) is 2.47. The zero-order valence-corrected chi connectivity index (χ0v) is 9.55. The van der Waals surface area contributed by atoms with Gasteiger partial charge in [0, 0.05) is 25.1 Å². The lowest BCUT2D eigenvalue weighted by atomic mass is 9.71. The first kappa shape index (κ1) is 11.2. The monoisotopic (exact) mass is 229 g/mol. The molecule has 0 aromatic rings. The van der Waals surface area contributed by atoms with E-state index in [-0.39, 0.29) is 11.2 Å². The van der Waals surface area contributed by atoms with Crippen molar-refractivity contribution < 1.29 is 9.47 Å². The van der Waals surface area contributed by atoms with E-state index in [4.69, 9.17) is 26.3 Å². The molecule has 1 saturated heterocycles. The standard InChI is InChI=1S/C11H16ClNO2/c12-9-10(5-6-13)1-3-11(4-2-10)14-7-8-15-11/h1-5,7-9H2. The molecule has 0 unspecified atom stereocenters. The van der Waals surface area contributed by atoms with Crippen LogP contribution in [0.1, 0.15) is 32.1 Å². The van der Waals surface area contributed by atoms with Gasteiger partial charge in [0.2, 0.25) is 0 Å². The molecule has 1 heterocycles. The van der Waals surface area contributed by atoms with E-state index in [2.05, 4.69) is 6.07 Å². The first-order valence-electron chi connectivity index (χ1n) is 5.45. The second kappa shape index (κ2) is 4.29. The maximum absolute atomic E-state index is 8.80. The van der Waals surface area contributed by atoms with Gasteiger partial charge in [0.1, 0.15) is 0 Å². The second-order valence-electron chi connectivity index (χ2n) is 4.58. The van der Waals surface area contributed by atoms with Crippen LogP contribution < -0.4 is 0 Å². The van der Waals surface area contributed by atoms with Gasteiger partial charge in [-0.1, -0.05) is 0 Å². The van der Waals surface area contributed by atoms with Gasteiger partial charge in [-0.25, -0.2) is 0 Å². The van der Waals surface area contributed by atoms with Gasteiger partial charge in [0.15, 0.2) is 5.79 Å². The molecule has 1 aliphatic carbocycles. The minimum Gasteiger partial charge on any atom is -0.348 e. The summed E-state index contributed by atoms with van der Waals surface area (Å²) in [5.41, 5.74) is -0.00311. The minimum atomic E-state index is -0.342. The van der Waals surface area contributed by atoms with Crippen LogP contribution in [0.5, 0.6) is 0 Å². The summed E-state index contributed by atoms with van der Waals surface area (Å²) in [5.74, 6) is 0.224. The van der Waals surface area contributed by atoms with Gasteiger partial charge in [-0.3, -0.25) is 0 Å². The molecule has 84 valence electrons. The Morgan fingerprint density at radius 1 is 1.13 bits per heavy atom. The molecule has 4 heteroatoms. The van der Waals surface area contributed by atoms with Crippen molar-refractivity contribution in [3.8, 4) is 6.07 Å². The summed E-state index contributed by atoms with van der Waals surface area (Å²) >= 11 is 5.98. The number of halogens is 1. The molecule has 0 N–H and O–H groups in total. The Kier molecular flexibility index (Phi) is 3.20. The molecule has 0 atom stereocenters. The fourth-order valence-corrected chi connectivity index (χ4v) is 2.83. The molecule has 1 spiro atoms. The Hall–Kier alpha value is -0.300. The first-order chi connectivity index (χ1) is 7.24. The molecule has 2 fully saturated rings. The molecule has 1 saturated carbocycles. The zero-order chi connectivity index (χ0) is 10.8. The van der Waals surface area contributed by atoms with Crippen LogP contribution in [-0.4, -0.2) is 24.9 Å². The molecular weight excluding hydrogens is 214 g/mol. The molecule has 3 nitrogen and oxygen atoms in total. The SMILES string of the molecule is N#CCC1(CCl)CCC2(CC1)OCCO2. The molecular formula is C11H16ClNO2. The molecule has 15 heavy (non-hydrogen) atoms. The molecule has 0 bridgehead atoms. The van der Waals surface area contributed by atoms with E-state index in [1.54, 1.807) is 0 Å². The Labute approximate surface area is 95.3 Å². The Balaban J connectivity index is 1.98. The largest absolute Gasteiger partial charge is 0.348 e. The predicted molar refractivity (Wildman–Crippen MR) is 56.5 cm³/mol. The average Bonchev–Trinajstić information content (AvgIpc) is 2.72. The predicted octanol–water partition coefficient (Wildman–Crippen LogP) is 2.44. The summed E-state index contributed by atoms with van der Waals surface area (Å²) < 4.78 is 11.3. The Morgan fingerprint density at radius 2 is 1.73 bits per heavy atom. The van der Waals surface area contributed by atoms with Crippen molar-refractivity contribution in [2.45, 2.75) is 37.9 Å². The van der Waals surface area contributed by atoms with Crippen molar-refractivity contribution in [3.05, 3.63) is 0 Å². The van der Waals surface area contributed by atoms with Crippen molar-refractivity contribution in [3.63, 3.8) is 0 Å². The normalized spacial score (nSPS) is 27.7.